The van der Waals surface area contributed by atoms with Crippen LogP contribution in [0.3, 0.4) is 0 Å². The van der Waals surface area contributed by atoms with E-state index < -0.39 is 4.92 Å². The molecule has 0 atom stereocenters. The summed E-state index contributed by atoms with van der Waals surface area (Å²) in [6.07, 6.45) is 0.489. The lowest BCUT2D eigenvalue weighted by atomic mass is 10.1. The summed E-state index contributed by atoms with van der Waals surface area (Å²) in [5.41, 5.74) is 1.42. The fourth-order valence-corrected chi connectivity index (χ4v) is 3.12. The van der Waals surface area contributed by atoms with E-state index in [0.717, 1.165) is 23.1 Å². The predicted octanol–water partition coefficient (Wildman–Crippen LogP) is 2.23. The molecule has 2 aromatic carbocycles. The number of ether oxygens (including phenoxy) is 1. The van der Waals surface area contributed by atoms with Crippen molar-refractivity contribution in [3.8, 4) is 5.75 Å². The van der Waals surface area contributed by atoms with Crippen LogP contribution in [-0.2, 0) is 11.2 Å². The number of hydrogen-bond donors (Lipinski definition) is 2. The first-order chi connectivity index (χ1) is 14.0. The summed E-state index contributed by atoms with van der Waals surface area (Å²) < 4.78 is 6.49. The van der Waals surface area contributed by atoms with Crippen molar-refractivity contribution in [2.24, 2.45) is 0 Å². The van der Waals surface area contributed by atoms with Crippen molar-refractivity contribution >= 4 is 29.0 Å². The molecular formula is C18H18N6O4S. The smallest absolute Gasteiger partial charge is 0.269 e. The lowest BCUT2D eigenvalue weighted by Gasteiger charge is -2.06. The molecular weight excluding hydrogens is 396 g/mol. The molecule has 0 unspecified atom stereocenters. The van der Waals surface area contributed by atoms with Crippen molar-refractivity contribution in [1.29, 1.82) is 0 Å². The van der Waals surface area contributed by atoms with Gasteiger partial charge in [-0.2, -0.15) is 0 Å². The number of anilines is 1. The summed E-state index contributed by atoms with van der Waals surface area (Å²) in [7, 11) is 1.60. The van der Waals surface area contributed by atoms with Gasteiger partial charge in [-0.05, 0) is 29.8 Å². The summed E-state index contributed by atoms with van der Waals surface area (Å²) in [5, 5.41) is 21.8. The molecule has 3 rings (SSSR count). The summed E-state index contributed by atoms with van der Waals surface area (Å²) >= 11 is 1.14. The maximum Gasteiger partial charge on any atom is 0.269 e. The van der Waals surface area contributed by atoms with Crippen LogP contribution in [0.25, 0.3) is 0 Å². The number of nitrogen functional groups attached to an aromatic ring is 1. The highest BCUT2D eigenvalue weighted by Crippen LogP contribution is 2.19. The van der Waals surface area contributed by atoms with E-state index in [4.69, 9.17) is 10.6 Å². The number of non-ortho nitro benzene ring substituents is 1. The van der Waals surface area contributed by atoms with Crippen LogP contribution in [0.1, 0.15) is 11.4 Å². The standard InChI is InChI=1S/C18H18N6O4S/c1-28-15-8-2-12(3-9-15)10-16-21-22-18(23(16)19)29-11-17(25)20-13-4-6-14(7-5-13)24(26)27/h2-9H,10-11,19H2,1H3,(H,20,25). The van der Waals surface area contributed by atoms with E-state index in [1.807, 2.05) is 24.3 Å². The van der Waals surface area contributed by atoms with Gasteiger partial charge in [0.1, 0.15) is 5.75 Å². The Kier molecular flexibility index (Phi) is 6.29. The van der Waals surface area contributed by atoms with Crippen LogP contribution in [0, 0.1) is 10.1 Å². The van der Waals surface area contributed by atoms with Crippen LogP contribution >= 0.6 is 11.8 Å². The largest absolute Gasteiger partial charge is 0.497 e. The molecule has 0 fully saturated rings. The molecule has 0 spiro atoms. The van der Waals surface area contributed by atoms with Crippen molar-refractivity contribution in [3.05, 3.63) is 70.0 Å². The second-order valence-electron chi connectivity index (χ2n) is 5.93. The Balaban J connectivity index is 1.55. The Bertz CT molecular complexity index is 1000. The van der Waals surface area contributed by atoms with Gasteiger partial charge in [0.05, 0.1) is 17.8 Å². The van der Waals surface area contributed by atoms with E-state index in [1.165, 1.54) is 28.9 Å². The van der Waals surface area contributed by atoms with Gasteiger partial charge in [0, 0.05) is 24.2 Å². The van der Waals surface area contributed by atoms with E-state index in [1.54, 1.807) is 7.11 Å². The number of aromatic nitrogens is 3. The van der Waals surface area contributed by atoms with Gasteiger partial charge in [0.25, 0.3) is 5.69 Å². The molecule has 0 radical (unpaired) electrons. The van der Waals surface area contributed by atoms with Crippen molar-refractivity contribution in [1.82, 2.24) is 14.9 Å². The second kappa shape index (κ2) is 9.06. The average Bonchev–Trinajstić information content (AvgIpc) is 3.07. The first-order valence-corrected chi connectivity index (χ1v) is 9.44. The number of nitrogens with one attached hydrogen (secondary N) is 1. The van der Waals surface area contributed by atoms with Crippen LogP contribution in [0.15, 0.2) is 53.7 Å². The number of methoxy groups -OCH3 is 1. The summed E-state index contributed by atoms with van der Waals surface area (Å²) in [4.78, 5) is 22.3. The SMILES string of the molecule is COc1ccc(Cc2nnc(SCC(=O)Nc3ccc([N+](=O)[O-])cc3)n2N)cc1. The number of carbonyl (C=O) groups excluding carboxylic acids is 1. The number of amides is 1. The number of benzene rings is 2. The van der Waals surface area contributed by atoms with Crippen LogP contribution in [0.2, 0.25) is 0 Å². The molecule has 0 saturated carbocycles. The van der Waals surface area contributed by atoms with Gasteiger partial charge in [-0.3, -0.25) is 14.9 Å². The number of nitro groups is 1. The zero-order valence-electron chi connectivity index (χ0n) is 15.4. The molecule has 1 amide bonds. The lowest BCUT2D eigenvalue weighted by molar-refractivity contribution is -0.384. The third kappa shape index (κ3) is 5.23. The zero-order chi connectivity index (χ0) is 20.8. The summed E-state index contributed by atoms with van der Waals surface area (Å²) in [6, 6.07) is 13.1. The molecule has 0 bridgehead atoms. The highest BCUT2D eigenvalue weighted by molar-refractivity contribution is 7.99. The van der Waals surface area contributed by atoms with Crippen molar-refractivity contribution in [2.45, 2.75) is 11.6 Å². The average molecular weight is 414 g/mol. The third-order valence-electron chi connectivity index (χ3n) is 3.95. The molecule has 1 heterocycles. The quantitative estimate of drug-likeness (QED) is 0.248. The Morgan fingerprint density at radius 1 is 1.21 bits per heavy atom. The fraction of sp³-hybridized carbons (Fsp3) is 0.167. The maximum atomic E-state index is 12.1. The minimum atomic E-state index is -0.501. The Morgan fingerprint density at radius 3 is 2.52 bits per heavy atom. The van der Waals surface area contributed by atoms with E-state index in [9.17, 15) is 14.9 Å². The predicted molar refractivity (Wildman–Crippen MR) is 108 cm³/mol. The summed E-state index contributed by atoms with van der Waals surface area (Å²) in [6.45, 7) is 0. The highest BCUT2D eigenvalue weighted by atomic mass is 32.2. The van der Waals surface area contributed by atoms with E-state index in [-0.39, 0.29) is 17.3 Å². The third-order valence-corrected chi connectivity index (χ3v) is 4.89. The maximum absolute atomic E-state index is 12.1. The molecule has 29 heavy (non-hydrogen) atoms. The highest BCUT2D eigenvalue weighted by Gasteiger charge is 2.13. The van der Waals surface area contributed by atoms with Gasteiger partial charge >= 0.3 is 0 Å². The molecule has 0 aliphatic heterocycles. The number of rotatable bonds is 8. The molecule has 10 nitrogen and oxygen atoms in total. The van der Waals surface area contributed by atoms with Crippen molar-refractivity contribution < 1.29 is 14.5 Å². The second-order valence-corrected chi connectivity index (χ2v) is 6.88. The minimum Gasteiger partial charge on any atom is -0.497 e. The van der Waals surface area contributed by atoms with E-state index >= 15 is 0 Å². The normalized spacial score (nSPS) is 10.5. The molecule has 3 N–H and O–H groups in total. The fourth-order valence-electron chi connectivity index (χ4n) is 2.45. The molecule has 0 aliphatic carbocycles. The van der Waals surface area contributed by atoms with Crippen LogP contribution < -0.4 is 15.9 Å². The molecule has 3 aromatic rings. The first-order valence-electron chi connectivity index (χ1n) is 8.45. The molecule has 1 aromatic heterocycles. The van der Waals surface area contributed by atoms with Gasteiger partial charge in [0.2, 0.25) is 11.1 Å². The number of nitro benzene ring substituents is 1. The van der Waals surface area contributed by atoms with E-state index in [2.05, 4.69) is 15.5 Å². The monoisotopic (exact) mass is 414 g/mol. The van der Waals surface area contributed by atoms with Crippen LogP contribution in [0.5, 0.6) is 5.75 Å². The van der Waals surface area contributed by atoms with Gasteiger partial charge in [-0.25, -0.2) is 4.68 Å². The Morgan fingerprint density at radius 2 is 1.90 bits per heavy atom. The topological polar surface area (TPSA) is 138 Å². The van der Waals surface area contributed by atoms with Gasteiger partial charge in [-0.15, -0.1) is 10.2 Å². The molecule has 0 saturated heterocycles. The number of nitrogens with zero attached hydrogens (tertiary/aromatic N) is 4. The Labute approximate surface area is 170 Å². The molecule has 11 heteroatoms. The lowest BCUT2D eigenvalue weighted by Crippen LogP contribution is -2.17. The number of nitrogens with two attached hydrogens (primary N) is 1. The van der Waals surface area contributed by atoms with Gasteiger partial charge in [0.15, 0.2) is 5.82 Å². The van der Waals surface area contributed by atoms with Gasteiger partial charge in [-0.1, -0.05) is 23.9 Å². The van der Waals surface area contributed by atoms with Gasteiger partial charge < -0.3 is 15.9 Å². The van der Waals surface area contributed by atoms with E-state index in [0.29, 0.717) is 23.1 Å². The number of hydrogen-bond acceptors (Lipinski definition) is 8. The minimum absolute atomic E-state index is 0.0435. The number of carbonyl (C=O) groups is 1. The van der Waals surface area contributed by atoms with Crippen molar-refractivity contribution in [2.75, 3.05) is 24.0 Å². The number of thioether (sulfide) groups is 1. The zero-order valence-corrected chi connectivity index (χ0v) is 16.3. The summed E-state index contributed by atoms with van der Waals surface area (Å²) in [5.74, 6) is 7.14. The molecule has 150 valence electrons. The first kappa shape index (κ1) is 20.1. The van der Waals surface area contributed by atoms with Crippen LogP contribution in [0.4, 0.5) is 11.4 Å². The molecule has 0 aliphatic rings. The Hall–Kier alpha value is -3.60. The van der Waals surface area contributed by atoms with Crippen LogP contribution in [-0.4, -0.2) is 38.6 Å². The van der Waals surface area contributed by atoms with Crippen molar-refractivity contribution in [3.63, 3.8) is 0 Å².